The van der Waals surface area contributed by atoms with E-state index in [0.29, 0.717) is 13.2 Å². The van der Waals surface area contributed by atoms with Crippen molar-refractivity contribution in [3.05, 3.63) is 69.5 Å². The zero-order chi connectivity index (χ0) is 18.2. The molecule has 2 aromatic rings. The zero-order valence-electron chi connectivity index (χ0n) is 13.6. The normalized spacial score (nSPS) is 11.9. The van der Waals surface area contributed by atoms with Crippen molar-refractivity contribution in [1.29, 1.82) is 0 Å². The highest BCUT2D eigenvalue weighted by Crippen LogP contribution is 2.32. The van der Waals surface area contributed by atoms with Gasteiger partial charge < -0.3 is 15.2 Å². The van der Waals surface area contributed by atoms with E-state index in [0.717, 1.165) is 11.6 Å². The Morgan fingerprint density at radius 2 is 1.92 bits per heavy atom. The van der Waals surface area contributed by atoms with E-state index in [1.807, 2.05) is 30.3 Å². The Kier molecular flexibility index (Phi) is 6.76. The molecule has 2 N–H and O–H groups in total. The predicted octanol–water partition coefficient (Wildman–Crippen LogP) is 2.49. The molecule has 0 aliphatic rings. The number of anilines is 1. The van der Waals surface area contributed by atoms with Crippen molar-refractivity contribution in [2.45, 2.75) is 12.4 Å². The Balaban J connectivity index is 1.90. The Hall–Kier alpha value is -2.61. The van der Waals surface area contributed by atoms with Gasteiger partial charge in [0.25, 0.3) is 0 Å². The number of benzene rings is 2. The van der Waals surface area contributed by atoms with Crippen molar-refractivity contribution in [2.24, 2.45) is 0 Å². The summed E-state index contributed by atoms with van der Waals surface area (Å²) >= 11 is 0. The SMILES string of the molecule is [B]C(C[N+](=O)[O-])c1c(F)ccc(OCCOCc2ccccc2)c1N. The molecule has 1 unspecified atom stereocenters. The van der Waals surface area contributed by atoms with Crippen LogP contribution in [0.15, 0.2) is 42.5 Å². The third kappa shape index (κ3) is 5.46. The van der Waals surface area contributed by atoms with Crippen LogP contribution in [0.4, 0.5) is 10.1 Å². The van der Waals surface area contributed by atoms with Gasteiger partial charge in [0.05, 0.1) is 26.7 Å². The van der Waals surface area contributed by atoms with Crippen LogP contribution in [0.5, 0.6) is 5.75 Å². The maximum Gasteiger partial charge on any atom is 0.203 e. The van der Waals surface area contributed by atoms with E-state index in [2.05, 4.69) is 0 Å². The lowest BCUT2D eigenvalue weighted by Crippen LogP contribution is -2.17. The van der Waals surface area contributed by atoms with Crippen LogP contribution in [0.3, 0.4) is 0 Å². The number of halogens is 1. The van der Waals surface area contributed by atoms with Crippen molar-refractivity contribution in [3.8, 4) is 5.75 Å². The van der Waals surface area contributed by atoms with E-state index < -0.39 is 23.1 Å². The van der Waals surface area contributed by atoms with Crippen molar-refractivity contribution < 1.29 is 18.8 Å². The highest BCUT2D eigenvalue weighted by atomic mass is 19.1. The summed E-state index contributed by atoms with van der Waals surface area (Å²) in [6, 6.07) is 12.2. The van der Waals surface area contributed by atoms with E-state index in [4.69, 9.17) is 23.1 Å². The van der Waals surface area contributed by atoms with Crippen LogP contribution in [0.25, 0.3) is 0 Å². The molecule has 0 aromatic heterocycles. The van der Waals surface area contributed by atoms with Gasteiger partial charge in [-0.3, -0.25) is 10.1 Å². The average molecular weight is 344 g/mol. The molecule has 130 valence electrons. The summed E-state index contributed by atoms with van der Waals surface area (Å²) in [4.78, 5) is 9.95. The molecule has 0 spiro atoms. The van der Waals surface area contributed by atoms with Gasteiger partial charge in [-0.2, -0.15) is 0 Å². The first-order chi connectivity index (χ1) is 12.0. The summed E-state index contributed by atoms with van der Waals surface area (Å²) in [5.74, 6) is -1.62. The number of ether oxygens (including phenoxy) is 2. The summed E-state index contributed by atoms with van der Waals surface area (Å²) in [6.45, 7) is 0.335. The lowest BCUT2D eigenvalue weighted by atomic mass is 9.80. The van der Waals surface area contributed by atoms with Crippen LogP contribution >= 0.6 is 0 Å². The highest BCUT2D eigenvalue weighted by Gasteiger charge is 2.21. The average Bonchev–Trinajstić information content (AvgIpc) is 2.57. The Morgan fingerprint density at radius 1 is 1.20 bits per heavy atom. The maximum atomic E-state index is 13.9. The van der Waals surface area contributed by atoms with Gasteiger partial charge in [0.2, 0.25) is 6.54 Å². The summed E-state index contributed by atoms with van der Waals surface area (Å²) in [6.07, 6.45) is 0. The fourth-order valence-electron chi connectivity index (χ4n) is 2.32. The van der Waals surface area contributed by atoms with Gasteiger partial charge in [0.15, 0.2) is 0 Å². The zero-order valence-corrected chi connectivity index (χ0v) is 13.6. The second-order valence-corrected chi connectivity index (χ2v) is 5.38. The molecule has 0 saturated heterocycles. The Bertz CT molecular complexity index is 715. The lowest BCUT2D eigenvalue weighted by molar-refractivity contribution is -0.480. The lowest BCUT2D eigenvalue weighted by Gasteiger charge is -2.16. The molecule has 0 aliphatic heterocycles. The first-order valence-corrected chi connectivity index (χ1v) is 7.68. The van der Waals surface area contributed by atoms with Gasteiger partial charge in [-0.15, -0.1) is 0 Å². The van der Waals surface area contributed by atoms with Crippen LogP contribution < -0.4 is 10.5 Å². The van der Waals surface area contributed by atoms with Crippen LogP contribution in [-0.2, 0) is 11.3 Å². The van der Waals surface area contributed by atoms with Crippen molar-refractivity contribution in [2.75, 3.05) is 25.5 Å². The Morgan fingerprint density at radius 3 is 2.60 bits per heavy atom. The largest absolute Gasteiger partial charge is 0.489 e. The van der Waals surface area contributed by atoms with Gasteiger partial charge in [0, 0.05) is 16.3 Å². The fourth-order valence-corrected chi connectivity index (χ4v) is 2.32. The molecule has 2 radical (unpaired) electrons. The minimum atomic E-state index is -1.15. The standard InChI is InChI=1S/C17H18BFN2O4/c18-13(10-21(22)23)16-14(19)6-7-15(17(16)20)25-9-8-24-11-12-4-2-1-3-5-12/h1-7,13H,8-11,20H2. The first-order valence-electron chi connectivity index (χ1n) is 7.68. The fraction of sp³-hybridized carbons (Fsp3) is 0.294. The van der Waals surface area contributed by atoms with Crippen LogP contribution in [0.2, 0.25) is 0 Å². The summed E-state index contributed by atoms with van der Waals surface area (Å²) < 4.78 is 24.9. The molecule has 2 rings (SSSR count). The topological polar surface area (TPSA) is 87.6 Å². The van der Waals surface area contributed by atoms with Crippen molar-refractivity contribution in [1.82, 2.24) is 0 Å². The summed E-state index contributed by atoms with van der Waals surface area (Å²) in [5.41, 5.74) is 6.76. The number of nitrogen functional groups attached to an aromatic ring is 1. The molecule has 0 bridgehead atoms. The first kappa shape index (κ1) is 18.7. The van der Waals surface area contributed by atoms with Gasteiger partial charge in [-0.05, 0) is 17.7 Å². The van der Waals surface area contributed by atoms with Crippen LogP contribution in [0, 0.1) is 15.9 Å². The second-order valence-electron chi connectivity index (χ2n) is 5.38. The summed E-state index contributed by atoms with van der Waals surface area (Å²) in [5, 5.41) is 10.6. The second kappa shape index (κ2) is 9.03. The minimum Gasteiger partial charge on any atom is -0.489 e. The molecule has 0 heterocycles. The number of nitro groups is 1. The smallest absolute Gasteiger partial charge is 0.203 e. The van der Waals surface area contributed by atoms with Crippen molar-refractivity contribution >= 4 is 13.5 Å². The predicted molar refractivity (Wildman–Crippen MR) is 92.8 cm³/mol. The third-order valence-electron chi connectivity index (χ3n) is 3.51. The summed E-state index contributed by atoms with van der Waals surface area (Å²) in [7, 11) is 5.67. The highest BCUT2D eigenvalue weighted by molar-refractivity contribution is 6.13. The number of nitrogens with zero attached hydrogens (tertiary/aromatic N) is 1. The monoisotopic (exact) mass is 344 g/mol. The number of hydrogen-bond donors (Lipinski definition) is 1. The van der Waals surface area contributed by atoms with E-state index in [1.165, 1.54) is 6.07 Å². The molecule has 8 heteroatoms. The number of nitrogens with two attached hydrogens (primary N) is 1. The Labute approximate surface area is 146 Å². The molecule has 1 atom stereocenters. The third-order valence-corrected chi connectivity index (χ3v) is 3.51. The van der Waals surface area contributed by atoms with Gasteiger partial charge in [-0.25, -0.2) is 4.39 Å². The molecule has 0 fully saturated rings. The van der Waals surface area contributed by atoms with Crippen LogP contribution in [-0.4, -0.2) is 32.5 Å². The quantitative estimate of drug-likeness (QED) is 0.248. The van der Waals surface area contributed by atoms with E-state index in [-0.39, 0.29) is 23.6 Å². The van der Waals surface area contributed by atoms with Gasteiger partial charge in [0.1, 0.15) is 18.2 Å². The number of rotatable bonds is 9. The van der Waals surface area contributed by atoms with Gasteiger partial charge >= 0.3 is 0 Å². The van der Waals surface area contributed by atoms with E-state index in [9.17, 15) is 14.5 Å². The van der Waals surface area contributed by atoms with Crippen molar-refractivity contribution in [3.63, 3.8) is 0 Å². The molecule has 0 saturated carbocycles. The molecular weight excluding hydrogens is 326 g/mol. The van der Waals surface area contributed by atoms with E-state index >= 15 is 0 Å². The maximum absolute atomic E-state index is 13.9. The molecular formula is C17H18BFN2O4. The van der Waals surface area contributed by atoms with E-state index in [1.54, 1.807) is 0 Å². The molecule has 6 nitrogen and oxygen atoms in total. The molecule has 0 aliphatic carbocycles. The molecule has 0 amide bonds. The number of hydrogen-bond acceptors (Lipinski definition) is 5. The van der Waals surface area contributed by atoms with Crippen LogP contribution in [0.1, 0.15) is 16.9 Å². The van der Waals surface area contributed by atoms with Gasteiger partial charge in [-0.1, -0.05) is 30.3 Å². The molecule has 25 heavy (non-hydrogen) atoms. The minimum absolute atomic E-state index is 0.0302. The molecule has 2 aromatic carbocycles.